The summed E-state index contributed by atoms with van der Waals surface area (Å²) < 4.78 is 125. The minimum atomic E-state index is -5.65. The van der Waals surface area contributed by atoms with Crippen LogP contribution in [0.15, 0.2) is 98.0 Å². The second-order valence-corrected chi connectivity index (χ2v) is 32.4. The summed E-state index contributed by atoms with van der Waals surface area (Å²) in [5, 5.41) is 26.2. The zero-order valence-electron chi connectivity index (χ0n) is 51.2. The molecule has 1 fully saturated rings. The number of aliphatic hydroxyl groups is 1. The lowest BCUT2D eigenvalue weighted by atomic mass is 9.81. The van der Waals surface area contributed by atoms with Gasteiger partial charge >= 0.3 is 28.1 Å². The van der Waals surface area contributed by atoms with Crippen LogP contribution in [0.5, 0.6) is 5.75 Å². The zero-order chi connectivity index (χ0) is 68.5. The number of nitro groups is 1. The number of nitrogens with zero attached hydrogens (tertiary/aromatic N) is 4. The number of carbonyl (C=O) groups excluding carboxylic acids is 1. The van der Waals surface area contributed by atoms with Crippen LogP contribution < -0.4 is 26.2 Å². The van der Waals surface area contributed by atoms with E-state index in [4.69, 9.17) is 28.5 Å². The van der Waals surface area contributed by atoms with Crippen molar-refractivity contribution in [2.75, 3.05) is 38.3 Å². The first-order chi connectivity index (χ1) is 42.5. The number of anilines is 1. The number of H-pyrrole nitrogens is 1. The van der Waals surface area contributed by atoms with Crippen molar-refractivity contribution in [3.05, 3.63) is 137 Å². The van der Waals surface area contributed by atoms with E-state index in [1.165, 1.54) is 43.5 Å². The van der Waals surface area contributed by atoms with Crippen LogP contribution in [0.3, 0.4) is 0 Å². The number of unbranched alkanes of at least 4 members (excludes halogenated alkanes) is 2. The van der Waals surface area contributed by atoms with E-state index in [9.17, 15) is 74.5 Å². The van der Waals surface area contributed by atoms with Gasteiger partial charge in [0.05, 0.1) is 75.9 Å². The third-order valence-electron chi connectivity index (χ3n) is 15.4. The van der Waals surface area contributed by atoms with Crippen LogP contribution in [0.1, 0.15) is 128 Å². The molecule has 502 valence electrons. The van der Waals surface area contributed by atoms with Gasteiger partial charge < -0.3 is 53.6 Å². The molecular weight excluding hydrogens is 1330 g/mol. The van der Waals surface area contributed by atoms with Gasteiger partial charge in [-0.2, -0.15) is 25.7 Å². The molecule has 0 saturated carbocycles. The Kier molecular flexibility index (Phi) is 22.5. The number of aliphatic hydroxyl groups excluding tert-OH is 1. The van der Waals surface area contributed by atoms with Gasteiger partial charge in [0, 0.05) is 66.2 Å². The Bertz CT molecular complexity index is 4240. The van der Waals surface area contributed by atoms with Crippen LogP contribution in [0.2, 0.25) is 0 Å². The lowest BCUT2D eigenvalue weighted by Crippen LogP contribution is -2.35. The standard InChI is InChI=1S/C56H71N6O24P3S3/c1-10-59-41-22-20-36(91(75,76)77)27-39(41)55(5,6)47(59)17-14-18-48-56(7,8)40-28-37(92(78,79)80)21-23-42(40)60(48)25-13-11-12-19-49(64)57-24-15-16-34-26-43(62(67)68)38(29-45(34)81-9)51(54(2,3)4)82-32-35-31-61(53(66)58-52(35)65)50-30-44(63)46(84-50)33-83-89(74,90)86-88(72,73)85-87(69,70)71/h14,17-18,20-23,26-29,31,44,46,50-51,63H,10-13,19,24-25,30,32-33H2,1-9H3,(H7-,57,58,64,65,66,69,70,71,72,73,74,75,76,77,78,79,80,90)/p+1/t44-,46-,50-,51-,89?/m1/s1. The van der Waals surface area contributed by atoms with Crippen LogP contribution in [-0.2, 0) is 86.0 Å². The molecule has 0 radical (unpaired) electrons. The Morgan fingerprint density at radius 2 is 1.63 bits per heavy atom. The van der Waals surface area contributed by atoms with Gasteiger partial charge in [-0.1, -0.05) is 59.0 Å². The molecule has 30 nitrogen and oxygen atoms in total. The zero-order valence-corrected chi connectivity index (χ0v) is 56.4. The first-order valence-corrected chi connectivity index (χ1v) is 36.7. The molecule has 3 aliphatic rings. The van der Waals surface area contributed by atoms with E-state index >= 15 is 0 Å². The number of ether oxygens (including phenoxy) is 3. The Morgan fingerprint density at radius 1 is 0.978 bits per heavy atom. The third-order valence-corrected chi connectivity index (χ3v) is 21.8. The predicted molar refractivity (Wildman–Crippen MR) is 336 cm³/mol. The van der Waals surface area contributed by atoms with Crippen LogP contribution in [0.25, 0.3) is 0 Å². The first kappa shape index (κ1) is 73.5. The third kappa shape index (κ3) is 17.5. The van der Waals surface area contributed by atoms with E-state index in [1.807, 2.05) is 52.8 Å². The number of phosphoric acid groups is 2. The van der Waals surface area contributed by atoms with Crippen molar-refractivity contribution < 1.29 is 101 Å². The number of fused-ring (bicyclic) bond motifs is 2. The van der Waals surface area contributed by atoms with Crippen molar-refractivity contribution in [1.29, 1.82) is 0 Å². The van der Waals surface area contributed by atoms with Crippen LogP contribution in [0, 0.1) is 27.4 Å². The van der Waals surface area contributed by atoms with Gasteiger partial charge in [0.25, 0.3) is 31.5 Å². The normalized spacial score (nSPS) is 20.1. The number of benzene rings is 3. The van der Waals surface area contributed by atoms with Gasteiger partial charge in [0.2, 0.25) is 11.6 Å². The smallest absolute Gasteiger partial charge is 0.488 e. The van der Waals surface area contributed by atoms with Gasteiger partial charge in [-0.3, -0.25) is 38.4 Å². The minimum Gasteiger partial charge on any atom is -0.495 e. The molecule has 1 aromatic heterocycles. The summed E-state index contributed by atoms with van der Waals surface area (Å²) in [6, 6.07) is 11.5. The molecule has 1 saturated heterocycles. The predicted octanol–water partition coefficient (Wildman–Crippen LogP) is 6.72. The molecule has 0 aliphatic carbocycles. The number of methoxy groups -OCH3 is 1. The summed E-state index contributed by atoms with van der Waals surface area (Å²) in [7, 11) is -18.9. The lowest BCUT2D eigenvalue weighted by Gasteiger charge is -2.31. The van der Waals surface area contributed by atoms with Gasteiger partial charge in [-0.15, -0.1) is 0 Å². The molecule has 4 heterocycles. The number of carbonyl (C=O) groups is 1. The van der Waals surface area contributed by atoms with Gasteiger partial charge in [-0.05, 0) is 98.9 Å². The van der Waals surface area contributed by atoms with Crippen molar-refractivity contribution in [1.82, 2.24) is 14.9 Å². The van der Waals surface area contributed by atoms with E-state index in [0.29, 0.717) is 37.9 Å². The summed E-state index contributed by atoms with van der Waals surface area (Å²) in [6.07, 6.45) is 3.02. The summed E-state index contributed by atoms with van der Waals surface area (Å²) >= 11 is 4.61. The highest BCUT2D eigenvalue weighted by molar-refractivity contribution is 8.08. The van der Waals surface area contributed by atoms with Gasteiger partial charge in [-0.25, -0.2) is 18.2 Å². The fourth-order valence-electron chi connectivity index (χ4n) is 11.1. The maximum absolute atomic E-state index is 13.2. The number of rotatable bonds is 26. The molecule has 92 heavy (non-hydrogen) atoms. The lowest BCUT2D eigenvalue weighted by molar-refractivity contribution is -0.433. The number of aromatic amines is 1. The van der Waals surface area contributed by atoms with E-state index < -0.39 is 118 Å². The maximum atomic E-state index is 13.2. The largest absolute Gasteiger partial charge is 0.495 e. The first-order valence-electron chi connectivity index (χ1n) is 28.2. The van der Waals surface area contributed by atoms with Gasteiger partial charge in [0.1, 0.15) is 24.6 Å². The molecule has 7 rings (SSSR count). The fraction of sp³-hybridized carbons (Fsp3) is 0.464. The molecule has 9 N–H and O–H groups in total. The van der Waals surface area contributed by atoms with Gasteiger partial charge in [0.15, 0.2) is 5.71 Å². The van der Waals surface area contributed by atoms with Crippen molar-refractivity contribution in [2.24, 2.45) is 5.41 Å². The molecule has 3 aromatic carbocycles. The minimum absolute atomic E-state index is 0.0287. The molecule has 6 atom stereocenters. The Morgan fingerprint density at radius 3 is 2.24 bits per heavy atom. The van der Waals surface area contributed by atoms with Crippen molar-refractivity contribution in [2.45, 2.75) is 139 Å². The quantitative estimate of drug-likeness (QED) is 0.00599. The molecule has 1 amide bonds. The highest BCUT2D eigenvalue weighted by Gasteiger charge is 2.46. The molecule has 0 spiro atoms. The summed E-state index contributed by atoms with van der Waals surface area (Å²) in [5.41, 5.74) is -0.0932. The van der Waals surface area contributed by atoms with Crippen molar-refractivity contribution in [3.63, 3.8) is 0 Å². The highest BCUT2D eigenvalue weighted by Crippen LogP contribution is 2.66. The average molecular weight is 1400 g/mol. The van der Waals surface area contributed by atoms with E-state index in [2.05, 4.69) is 52.0 Å². The number of nitro benzene ring substituents is 1. The van der Waals surface area contributed by atoms with E-state index in [1.54, 1.807) is 32.9 Å². The number of hydrogen-bond acceptors (Lipinski definition) is 20. The molecule has 3 aliphatic heterocycles. The summed E-state index contributed by atoms with van der Waals surface area (Å²) in [5.74, 6) is 5.43. The second kappa shape index (κ2) is 28.2. The SMILES string of the molecule is CC[N+]1=C(/C=C/C=C2/N(CCCCCC(=O)NCC#Cc3cc([N+](=O)[O-])c([C@@H](OCc4cn([C@H]5C[C@@H](O)[C@@H](COP(O)(=S)OP(=O)(O)OP(=O)(O)O)O5)c(=O)[nH]c4=O)C(C)(C)C)cc3OC)c3ccc(S(=O)(=O)O)cc3C2(C)C)C(C)(C)c2cc(S(=O)(=O)O)ccc21. The number of hydrogen-bond donors (Lipinski definition) is 9. The second-order valence-electron chi connectivity index (χ2n) is 23.7. The van der Waals surface area contributed by atoms with Crippen molar-refractivity contribution in [3.8, 4) is 17.6 Å². The molecule has 4 aromatic rings. The Hall–Kier alpha value is -5.95. The topological polar surface area (TPSA) is 433 Å². The molecular formula is C56H72N6O24P3S3+. The van der Waals surface area contributed by atoms with E-state index in [0.717, 1.165) is 39.1 Å². The Balaban J connectivity index is 0.984. The average Bonchev–Trinajstić information content (AvgIpc) is 1.57. The summed E-state index contributed by atoms with van der Waals surface area (Å²) in [4.78, 5) is 92.6. The monoisotopic (exact) mass is 1400 g/mol. The molecule has 0 bridgehead atoms. The fourth-order valence-corrected chi connectivity index (χ4v) is 16.1. The number of aromatic nitrogens is 2. The number of amides is 1. The maximum Gasteiger partial charge on any atom is 0.488 e. The van der Waals surface area contributed by atoms with Crippen LogP contribution in [0.4, 0.5) is 17.1 Å². The summed E-state index contributed by atoms with van der Waals surface area (Å²) in [6.45, 7) is 9.65. The number of nitrogens with one attached hydrogen (secondary N) is 2. The van der Waals surface area contributed by atoms with Crippen LogP contribution in [-0.4, -0.2) is 127 Å². The van der Waals surface area contributed by atoms with Crippen LogP contribution >= 0.6 is 22.4 Å². The molecule has 36 heteroatoms. The highest BCUT2D eigenvalue weighted by atomic mass is 32.5. The number of allylic oxidation sites excluding steroid dienone is 4. The Labute approximate surface area is 534 Å². The van der Waals surface area contributed by atoms with Crippen molar-refractivity contribution >= 4 is 83.1 Å². The molecule has 2 unspecified atom stereocenters. The van der Waals surface area contributed by atoms with E-state index in [-0.39, 0.29) is 57.5 Å².